The van der Waals surface area contributed by atoms with Gasteiger partial charge in [-0.3, -0.25) is 9.78 Å². The molecule has 8 heteroatoms. The van der Waals surface area contributed by atoms with E-state index < -0.39 is 11.3 Å². The number of aromatic nitrogens is 3. The van der Waals surface area contributed by atoms with Gasteiger partial charge in [0.2, 0.25) is 11.7 Å². The number of nitrogens with two attached hydrogens (primary N) is 1. The van der Waals surface area contributed by atoms with Gasteiger partial charge in [-0.15, -0.1) is 0 Å². The molecule has 6 N–H and O–H groups in total. The number of hydrogen-bond acceptors (Lipinski definition) is 6. The van der Waals surface area contributed by atoms with Gasteiger partial charge in [0.25, 0.3) is 5.56 Å². The minimum Gasteiger partial charge on any atom is -0.504 e. The smallest absolute Gasteiger partial charge is 0.262 e. The number of hydrogen-bond donors (Lipinski definition) is 5. The van der Waals surface area contributed by atoms with Crippen LogP contribution in [0.25, 0.3) is 21.9 Å². The molecule has 0 aliphatic rings. The first-order chi connectivity index (χ1) is 9.02. The van der Waals surface area contributed by atoms with Crippen LogP contribution in [-0.4, -0.2) is 32.3 Å². The second kappa shape index (κ2) is 3.55. The standard InChI is InChI=1S/C11H10N4O4/c1-19-8-5-3(2-4(16)7(8)17)13-9-6(5)10(18)15-11(12)14-9/h2,16-17H,1H3,(H4,12,13,14,15,18). The van der Waals surface area contributed by atoms with Crippen LogP contribution in [0.4, 0.5) is 5.95 Å². The first-order valence-electron chi connectivity index (χ1n) is 5.33. The lowest BCUT2D eigenvalue weighted by atomic mass is 10.1. The number of methoxy groups -OCH3 is 1. The monoisotopic (exact) mass is 262 g/mol. The maximum absolute atomic E-state index is 11.9. The van der Waals surface area contributed by atoms with E-state index in [1.165, 1.54) is 13.2 Å². The van der Waals surface area contributed by atoms with Crippen LogP contribution in [-0.2, 0) is 0 Å². The summed E-state index contributed by atoms with van der Waals surface area (Å²) in [5.74, 6) is -0.831. The summed E-state index contributed by atoms with van der Waals surface area (Å²) in [4.78, 5) is 21.1. The number of nitrogen functional groups attached to an aromatic ring is 1. The van der Waals surface area contributed by atoms with Crippen molar-refractivity contribution in [3.8, 4) is 17.2 Å². The van der Waals surface area contributed by atoms with Crippen LogP contribution >= 0.6 is 0 Å². The molecule has 2 aromatic heterocycles. The topological polar surface area (TPSA) is 137 Å². The van der Waals surface area contributed by atoms with Gasteiger partial charge in [-0.05, 0) is 0 Å². The fourth-order valence-electron chi connectivity index (χ4n) is 2.12. The zero-order valence-electron chi connectivity index (χ0n) is 9.81. The van der Waals surface area contributed by atoms with Crippen molar-refractivity contribution >= 4 is 27.9 Å². The molecule has 0 fully saturated rings. The zero-order chi connectivity index (χ0) is 13.7. The summed E-state index contributed by atoms with van der Waals surface area (Å²) in [5, 5.41) is 19.9. The lowest BCUT2D eigenvalue weighted by Gasteiger charge is -2.06. The molecule has 0 spiro atoms. The fourth-order valence-corrected chi connectivity index (χ4v) is 2.12. The number of anilines is 1. The van der Waals surface area contributed by atoms with Crippen LogP contribution in [0.15, 0.2) is 10.9 Å². The molecule has 1 aromatic carbocycles. The zero-order valence-corrected chi connectivity index (χ0v) is 9.81. The summed E-state index contributed by atoms with van der Waals surface area (Å²) >= 11 is 0. The summed E-state index contributed by atoms with van der Waals surface area (Å²) in [5.41, 5.74) is 5.66. The first kappa shape index (κ1) is 11.2. The third kappa shape index (κ3) is 1.39. The Morgan fingerprint density at radius 1 is 1.32 bits per heavy atom. The van der Waals surface area contributed by atoms with Crippen LogP contribution in [0, 0.1) is 0 Å². The van der Waals surface area contributed by atoms with Crippen molar-refractivity contribution in [3.63, 3.8) is 0 Å². The lowest BCUT2D eigenvalue weighted by Crippen LogP contribution is -2.10. The van der Waals surface area contributed by atoms with Crippen molar-refractivity contribution < 1.29 is 14.9 Å². The highest BCUT2D eigenvalue weighted by atomic mass is 16.5. The third-order valence-electron chi connectivity index (χ3n) is 2.88. The average molecular weight is 262 g/mol. The van der Waals surface area contributed by atoms with Crippen molar-refractivity contribution in [3.05, 3.63) is 16.4 Å². The van der Waals surface area contributed by atoms with Gasteiger partial charge in [0, 0.05) is 6.07 Å². The molecule has 3 aromatic rings. The Morgan fingerprint density at radius 3 is 2.74 bits per heavy atom. The first-order valence-corrected chi connectivity index (χ1v) is 5.33. The number of phenolic OH excluding ortho intramolecular Hbond substituents is 2. The van der Waals surface area contributed by atoms with Crippen molar-refractivity contribution in [1.82, 2.24) is 15.0 Å². The van der Waals surface area contributed by atoms with Gasteiger partial charge in [-0.2, -0.15) is 4.98 Å². The predicted molar refractivity (Wildman–Crippen MR) is 68.5 cm³/mol. The largest absolute Gasteiger partial charge is 0.504 e. The van der Waals surface area contributed by atoms with Crippen molar-refractivity contribution in [2.24, 2.45) is 0 Å². The minimum atomic E-state index is -0.461. The molecule has 8 nitrogen and oxygen atoms in total. The molecule has 0 saturated heterocycles. The maximum atomic E-state index is 11.9. The van der Waals surface area contributed by atoms with Crippen molar-refractivity contribution in [1.29, 1.82) is 0 Å². The molecule has 19 heavy (non-hydrogen) atoms. The van der Waals surface area contributed by atoms with Gasteiger partial charge in [0.05, 0.1) is 23.4 Å². The molecule has 0 atom stereocenters. The summed E-state index contributed by atoms with van der Waals surface area (Å²) in [6, 6.07) is 1.28. The van der Waals surface area contributed by atoms with Gasteiger partial charge in [0.1, 0.15) is 5.65 Å². The van der Waals surface area contributed by atoms with Crippen molar-refractivity contribution in [2.45, 2.75) is 0 Å². The van der Waals surface area contributed by atoms with E-state index in [0.717, 1.165) is 0 Å². The summed E-state index contributed by atoms with van der Waals surface area (Å²) < 4.78 is 5.05. The molecule has 0 amide bonds. The van der Waals surface area contributed by atoms with E-state index in [4.69, 9.17) is 10.5 Å². The van der Waals surface area contributed by atoms with Crippen LogP contribution in [0.3, 0.4) is 0 Å². The Hall–Kier alpha value is -2.90. The fraction of sp³-hybridized carbons (Fsp3) is 0.0909. The number of fused-ring (bicyclic) bond motifs is 3. The Morgan fingerprint density at radius 2 is 2.05 bits per heavy atom. The van der Waals surface area contributed by atoms with E-state index in [0.29, 0.717) is 10.9 Å². The predicted octanol–water partition coefficient (Wildman–Crippen LogP) is 0.406. The normalized spacial score (nSPS) is 11.2. The molecule has 0 unspecified atom stereocenters. The molecular weight excluding hydrogens is 252 g/mol. The molecule has 0 saturated carbocycles. The van der Waals surface area contributed by atoms with Gasteiger partial charge in [0.15, 0.2) is 11.5 Å². The Bertz CT molecular complexity index is 865. The summed E-state index contributed by atoms with van der Waals surface area (Å²) in [6.45, 7) is 0. The number of ether oxygens (including phenoxy) is 1. The van der Waals surface area contributed by atoms with Crippen LogP contribution < -0.4 is 16.0 Å². The number of nitrogens with zero attached hydrogens (tertiary/aromatic N) is 1. The van der Waals surface area contributed by atoms with E-state index in [2.05, 4.69) is 15.0 Å². The SMILES string of the molecule is COc1c(O)c(O)cc2[nH]c3nc(N)[nH]c(=O)c3c12. The minimum absolute atomic E-state index is 0.00155. The molecule has 0 aliphatic heterocycles. The summed E-state index contributed by atoms with van der Waals surface area (Å²) in [7, 11) is 1.33. The third-order valence-corrected chi connectivity index (χ3v) is 2.88. The highest BCUT2D eigenvalue weighted by Gasteiger charge is 2.20. The van der Waals surface area contributed by atoms with Gasteiger partial charge in [-0.1, -0.05) is 0 Å². The van der Waals surface area contributed by atoms with Gasteiger partial charge >= 0.3 is 0 Å². The van der Waals surface area contributed by atoms with Crippen LogP contribution in [0.1, 0.15) is 0 Å². The number of rotatable bonds is 1. The van der Waals surface area contributed by atoms with Crippen LogP contribution in [0.2, 0.25) is 0 Å². The second-order valence-corrected chi connectivity index (χ2v) is 4.00. The van der Waals surface area contributed by atoms with Crippen molar-refractivity contribution in [2.75, 3.05) is 12.8 Å². The van der Waals surface area contributed by atoms with E-state index in [1.54, 1.807) is 0 Å². The molecule has 0 bridgehead atoms. The number of nitrogens with one attached hydrogen (secondary N) is 2. The number of aromatic amines is 2. The Kier molecular flexibility index (Phi) is 2.09. The average Bonchev–Trinajstić information content (AvgIpc) is 2.68. The lowest BCUT2D eigenvalue weighted by molar-refractivity contribution is 0.355. The molecule has 98 valence electrons. The number of aromatic hydroxyl groups is 2. The van der Waals surface area contributed by atoms with E-state index in [1.807, 2.05) is 0 Å². The van der Waals surface area contributed by atoms with Crippen LogP contribution in [0.5, 0.6) is 17.2 Å². The molecule has 2 heterocycles. The van der Waals surface area contributed by atoms with Gasteiger partial charge < -0.3 is 25.7 Å². The van der Waals surface area contributed by atoms with E-state index >= 15 is 0 Å². The van der Waals surface area contributed by atoms with Gasteiger partial charge in [-0.25, -0.2) is 0 Å². The van der Waals surface area contributed by atoms with E-state index in [-0.39, 0.29) is 28.5 Å². The molecule has 0 aliphatic carbocycles. The summed E-state index contributed by atoms with van der Waals surface area (Å²) in [6.07, 6.45) is 0. The number of benzene rings is 1. The Balaban J connectivity index is 2.64. The highest BCUT2D eigenvalue weighted by Crippen LogP contribution is 2.43. The molecular formula is C11H10N4O4. The highest BCUT2D eigenvalue weighted by molar-refractivity contribution is 6.10. The molecule has 0 radical (unpaired) electrons. The Labute approximate surface area is 105 Å². The molecule has 3 rings (SSSR count). The van der Waals surface area contributed by atoms with E-state index in [9.17, 15) is 15.0 Å². The second-order valence-electron chi connectivity index (χ2n) is 4.00. The number of phenols is 2. The quantitative estimate of drug-likeness (QED) is 0.403. The maximum Gasteiger partial charge on any atom is 0.262 e. The number of H-pyrrole nitrogens is 2.